The summed E-state index contributed by atoms with van der Waals surface area (Å²) in [4.78, 5) is 0. The number of imidazole rings is 1. The van der Waals surface area contributed by atoms with E-state index in [4.69, 9.17) is 0 Å². The molecule has 0 aliphatic rings. The topological polar surface area (TPSA) is 8.81 Å². The highest BCUT2D eigenvalue weighted by atomic mass is 19.4. The fourth-order valence-corrected chi connectivity index (χ4v) is 1.36. The number of hydrogen-bond donors (Lipinski definition) is 0. The second-order valence-electron chi connectivity index (χ2n) is 3.87. The third-order valence-corrected chi connectivity index (χ3v) is 2.09. The zero-order valence-corrected chi connectivity index (χ0v) is 11.6. The van der Waals surface area contributed by atoms with Gasteiger partial charge in [0, 0.05) is 0 Å². The van der Waals surface area contributed by atoms with E-state index in [1.54, 1.807) is 0 Å². The van der Waals surface area contributed by atoms with Crippen molar-refractivity contribution in [3.63, 3.8) is 0 Å². The van der Waals surface area contributed by atoms with E-state index in [0.717, 1.165) is 0 Å². The van der Waals surface area contributed by atoms with Gasteiger partial charge in [-0.2, -0.15) is 26.3 Å². The summed E-state index contributed by atoms with van der Waals surface area (Å²) >= 11 is 0. The van der Waals surface area contributed by atoms with Crippen molar-refractivity contribution in [1.29, 1.82) is 0 Å². The highest BCUT2D eigenvalue weighted by Crippen LogP contribution is 2.00. The van der Waals surface area contributed by atoms with Crippen molar-refractivity contribution in [1.82, 2.24) is 4.57 Å². The lowest BCUT2D eigenvalue weighted by Crippen LogP contribution is -2.23. The molecule has 0 spiro atoms. The van der Waals surface area contributed by atoms with Crippen molar-refractivity contribution in [2.45, 2.75) is 52.5 Å². The van der Waals surface area contributed by atoms with Crippen LogP contribution in [0.1, 0.15) is 32.6 Å². The van der Waals surface area contributed by atoms with Gasteiger partial charge in [0.05, 0.1) is 13.6 Å². The maximum atomic E-state index is 9.67. The monoisotopic (exact) mass is 307 g/mol. The Morgan fingerprint density at radius 2 is 1.45 bits per heavy atom. The first-order valence-electron chi connectivity index (χ1n) is 6.15. The molecule has 1 aromatic heterocycles. The first kappa shape index (κ1) is 21.1. The molecule has 0 bridgehead atoms. The summed E-state index contributed by atoms with van der Waals surface area (Å²) in [5.74, 6) is 0. The molecule has 20 heavy (non-hydrogen) atoms. The minimum Gasteiger partial charge on any atom is -0.240 e. The highest BCUT2D eigenvalue weighted by Gasteiger charge is 1.98. The average Bonchev–Trinajstić information content (AvgIpc) is 2.69. The number of nitrogens with zero attached hydrogens (tertiary/aromatic N) is 2. The van der Waals surface area contributed by atoms with Gasteiger partial charge in [-0.05, 0) is 12.8 Å². The lowest BCUT2D eigenvalue weighted by Gasteiger charge is -1.95. The van der Waals surface area contributed by atoms with Gasteiger partial charge in [-0.1, -0.05) is 19.8 Å². The molecule has 0 radical (unpaired) electrons. The molecule has 0 saturated heterocycles. The molecule has 0 amide bonds. The lowest BCUT2D eigenvalue weighted by atomic mass is 10.2. The summed E-state index contributed by atoms with van der Waals surface area (Å²) in [6.07, 6.45) is 11.7. The molecule has 1 rings (SSSR count). The van der Waals surface area contributed by atoms with Gasteiger partial charge in [0.1, 0.15) is 12.4 Å². The molecular weight excluding hydrogens is 286 g/mol. The number of aromatic nitrogens is 2. The standard InChI is InChI=1S/C10H19N2.2CHF3/c1-3-4-5-6-7-12-9-8-11(2)10-12;2*2-1(3)4/h8-10H,3-7H2,1-2H3;2*1H/q+1;;. The van der Waals surface area contributed by atoms with Gasteiger partial charge in [-0.15, -0.1) is 0 Å². The Morgan fingerprint density at radius 1 is 0.950 bits per heavy atom. The fourth-order valence-electron chi connectivity index (χ4n) is 1.36. The van der Waals surface area contributed by atoms with E-state index >= 15 is 0 Å². The SMILES string of the molecule is CCCCCCn1cc[n+](C)c1.FC(F)F.FC(F)F. The van der Waals surface area contributed by atoms with E-state index in [1.165, 1.54) is 32.2 Å². The van der Waals surface area contributed by atoms with Crippen molar-refractivity contribution in [3.05, 3.63) is 18.7 Å². The van der Waals surface area contributed by atoms with Crippen LogP contribution in [0, 0.1) is 0 Å². The Balaban J connectivity index is 0. The molecule has 0 aromatic carbocycles. The van der Waals surface area contributed by atoms with Crippen LogP contribution in [0.15, 0.2) is 18.7 Å². The van der Waals surface area contributed by atoms with Crippen molar-refractivity contribution >= 4 is 0 Å². The van der Waals surface area contributed by atoms with Gasteiger partial charge in [0.25, 0.3) is 0 Å². The largest absolute Gasteiger partial charge is 0.379 e. The van der Waals surface area contributed by atoms with Gasteiger partial charge >= 0.3 is 13.4 Å². The van der Waals surface area contributed by atoms with Crippen LogP contribution >= 0.6 is 0 Å². The van der Waals surface area contributed by atoms with Gasteiger partial charge in [0.15, 0.2) is 0 Å². The second kappa shape index (κ2) is 14.2. The lowest BCUT2D eigenvalue weighted by molar-refractivity contribution is -0.671. The Labute approximate surface area is 115 Å². The summed E-state index contributed by atoms with van der Waals surface area (Å²) in [6.45, 7) is -3.92. The zero-order chi connectivity index (χ0) is 16.0. The third-order valence-electron chi connectivity index (χ3n) is 2.09. The van der Waals surface area contributed by atoms with E-state index in [1.807, 2.05) is 0 Å². The number of rotatable bonds is 5. The molecule has 0 aliphatic heterocycles. The molecule has 0 saturated carbocycles. The van der Waals surface area contributed by atoms with E-state index in [9.17, 15) is 26.3 Å². The fraction of sp³-hybridized carbons (Fsp3) is 0.750. The van der Waals surface area contributed by atoms with E-state index < -0.39 is 13.4 Å². The smallest absolute Gasteiger partial charge is 0.240 e. The van der Waals surface area contributed by atoms with E-state index in [2.05, 4.69) is 41.8 Å². The van der Waals surface area contributed by atoms with Crippen LogP contribution < -0.4 is 4.57 Å². The Kier molecular flexibility index (Phi) is 15.0. The van der Waals surface area contributed by atoms with Gasteiger partial charge < -0.3 is 0 Å². The number of unbranched alkanes of at least 4 members (excludes halogenated alkanes) is 3. The summed E-state index contributed by atoms with van der Waals surface area (Å²) in [5, 5.41) is 0. The first-order chi connectivity index (χ1) is 9.29. The van der Waals surface area contributed by atoms with Crippen LogP contribution in [0.25, 0.3) is 0 Å². The number of alkyl halides is 6. The maximum absolute atomic E-state index is 9.67. The Morgan fingerprint density at radius 3 is 1.80 bits per heavy atom. The number of aryl methyl sites for hydroxylation is 2. The number of halogens is 6. The molecule has 0 fully saturated rings. The first-order valence-corrected chi connectivity index (χ1v) is 6.15. The highest BCUT2D eigenvalue weighted by molar-refractivity contribution is 4.65. The normalized spacial score (nSPS) is 9.90. The van der Waals surface area contributed by atoms with Crippen molar-refractivity contribution < 1.29 is 30.9 Å². The molecule has 2 nitrogen and oxygen atoms in total. The van der Waals surface area contributed by atoms with Crippen molar-refractivity contribution in [2.24, 2.45) is 7.05 Å². The summed E-state index contributed by atoms with van der Waals surface area (Å²) in [6, 6.07) is 0. The van der Waals surface area contributed by atoms with Gasteiger partial charge in [0.2, 0.25) is 6.33 Å². The third kappa shape index (κ3) is 22.0. The molecule has 0 unspecified atom stereocenters. The average molecular weight is 307 g/mol. The van der Waals surface area contributed by atoms with Crippen molar-refractivity contribution in [2.75, 3.05) is 0 Å². The summed E-state index contributed by atoms with van der Waals surface area (Å²) < 4.78 is 62.3. The molecule has 8 heteroatoms. The quantitative estimate of drug-likeness (QED) is 0.437. The molecule has 0 atom stereocenters. The van der Waals surface area contributed by atoms with Crippen LogP contribution in [-0.4, -0.2) is 17.9 Å². The van der Waals surface area contributed by atoms with Crippen molar-refractivity contribution in [3.8, 4) is 0 Å². The predicted octanol–water partition coefficient (Wildman–Crippen LogP) is 4.25. The van der Waals surface area contributed by atoms with Crippen LogP contribution in [0.5, 0.6) is 0 Å². The molecule has 1 heterocycles. The summed E-state index contributed by atoms with van der Waals surface area (Å²) in [7, 11) is 2.06. The van der Waals surface area contributed by atoms with Crippen LogP contribution in [0.3, 0.4) is 0 Å². The van der Waals surface area contributed by atoms with Crippen LogP contribution in [0.2, 0.25) is 0 Å². The summed E-state index contributed by atoms with van der Waals surface area (Å²) in [5.41, 5.74) is 0. The van der Waals surface area contributed by atoms with Gasteiger partial charge in [-0.3, -0.25) is 0 Å². The Bertz CT molecular complexity index is 292. The second-order valence-corrected chi connectivity index (χ2v) is 3.87. The number of hydrogen-bond acceptors (Lipinski definition) is 0. The molecule has 1 aromatic rings. The minimum absolute atomic E-state index is 1.17. The van der Waals surface area contributed by atoms with Gasteiger partial charge in [-0.25, -0.2) is 9.13 Å². The Hall–Kier alpha value is -1.21. The molecule has 0 aliphatic carbocycles. The minimum atomic E-state index is -3.67. The molecule has 0 N–H and O–H groups in total. The van der Waals surface area contributed by atoms with Crippen LogP contribution in [0.4, 0.5) is 26.3 Å². The van der Waals surface area contributed by atoms with Crippen LogP contribution in [-0.2, 0) is 13.6 Å². The molecule has 120 valence electrons. The molecular formula is C12H21F6N2+. The predicted molar refractivity (Wildman–Crippen MR) is 64.0 cm³/mol. The van der Waals surface area contributed by atoms with E-state index in [0.29, 0.717) is 0 Å². The maximum Gasteiger partial charge on any atom is 0.379 e. The van der Waals surface area contributed by atoms with E-state index in [-0.39, 0.29) is 0 Å². The zero-order valence-electron chi connectivity index (χ0n) is 11.6.